The van der Waals surface area contributed by atoms with Crippen LogP contribution in [0.1, 0.15) is 12.0 Å². The summed E-state index contributed by atoms with van der Waals surface area (Å²) in [6, 6.07) is 10.6. The molecule has 0 saturated carbocycles. The molecule has 2 aromatic carbocycles. The Balaban J connectivity index is 1.98. The molecule has 0 aromatic heterocycles. The summed E-state index contributed by atoms with van der Waals surface area (Å²) < 4.78 is 41.4. The lowest BCUT2D eigenvalue weighted by Gasteiger charge is -2.08. The van der Waals surface area contributed by atoms with E-state index in [9.17, 15) is 17.6 Å². The predicted molar refractivity (Wildman–Crippen MR) is 89.5 cm³/mol. The van der Waals surface area contributed by atoms with Crippen LogP contribution in [0.15, 0.2) is 47.4 Å². The van der Waals surface area contributed by atoms with Crippen molar-refractivity contribution < 1.29 is 22.3 Å². The number of benzene rings is 2. The minimum atomic E-state index is -3.33. The van der Waals surface area contributed by atoms with Gasteiger partial charge in [0.05, 0.1) is 12.0 Å². The number of nitrogens with one attached hydrogen (secondary N) is 1. The van der Waals surface area contributed by atoms with Crippen LogP contribution in [-0.4, -0.2) is 27.7 Å². The second-order valence-corrected chi connectivity index (χ2v) is 7.33. The molecule has 0 aliphatic heterocycles. The molecule has 1 N–H and O–H groups in total. The minimum absolute atomic E-state index is 0.137. The molecular weight excluding hydrogens is 333 g/mol. The van der Waals surface area contributed by atoms with Gasteiger partial charge in [-0.15, -0.1) is 0 Å². The number of hydrogen-bond donors (Lipinski definition) is 1. The summed E-state index contributed by atoms with van der Waals surface area (Å²) in [5, 5.41) is 2.64. The maximum absolute atomic E-state index is 13.6. The molecule has 0 saturated heterocycles. The topological polar surface area (TPSA) is 72.5 Å². The smallest absolute Gasteiger partial charge is 0.224 e. The zero-order valence-electron chi connectivity index (χ0n) is 13.4. The van der Waals surface area contributed by atoms with Gasteiger partial charge in [-0.2, -0.15) is 0 Å². The molecule has 0 aliphatic rings. The number of amides is 1. The van der Waals surface area contributed by atoms with Crippen LogP contribution in [0.2, 0.25) is 0 Å². The molecule has 0 fully saturated rings. The van der Waals surface area contributed by atoms with Gasteiger partial charge in [-0.05, 0) is 42.3 Å². The van der Waals surface area contributed by atoms with Crippen LogP contribution in [0.3, 0.4) is 0 Å². The highest BCUT2D eigenvalue weighted by Crippen LogP contribution is 2.19. The number of sulfone groups is 1. The normalized spacial score (nSPS) is 11.1. The third-order valence-corrected chi connectivity index (χ3v) is 4.51. The third kappa shape index (κ3) is 4.79. The fourth-order valence-corrected chi connectivity index (χ4v) is 2.82. The molecule has 0 aliphatic carbocycles. The summed E-state index contributed by atoms with van der Waals surface area (Å²) in [4.78, 5) is 12.1. The van der Waals surface area contributed by atoms with E-state index in [-0.39, 0.29) is 23.0 Å². The first-order chi connectivity index (χ1) is 11.3. The first-order valence-corrected chi connectivity index (χ1v) is 9.11. The van der Waals surface area contributed by atoms with Gasteiger partial charge in [0.25, 0.3) is 0 Å². The van der Waals surface area contributed by atoms with Crippen LogP contribution in [0.25, 0.3) is 0 Å². The van der Waals surface area contributed by atoms with Crippen LogP contribution >= 0.6 is 0 Å². The molecule has 2 rings (SSSR count). The van der Waals surface area contributed by atoms with Crippen molar-refractivity contribution in [2.24, 2.45) is 0 Å². The number of halogens is 1. The van der Waals surface area contributed by atoms with Gasteiger partial charge in [0, 0.05) is 18.4 Å². The monoisotopic (exact) mass is 351 g/mol. The van der Waals surface area contributed by atoms with Crippen molar-refractivity contribution in [3.8, 4) is 5.75 Å². The van der Waals surface area contributed by atoms with Crippen molar-refractivity contribution in [1.82, 2.24) is 0 Å². The Morgan fingerprint density at radius 3 is 2.58 bits per heavy atom. The lowest BCUT2D eigenvalue weighted by atomic mass is 10.1. The van der Waals surface area contributed by atoms with Crippen molar-refractivity contribution in [3.63, 3.8) is 0 Å². The highest BCUT2D eigenvalue weighted by Gasteiger charge is 2.10. The molecule has 128 valence electrons. The van der Waals surface area contributed by atoms with Crippen molar-refractivity contribution >= 4 is 21.4 Å². The standard InChI is InChI=1S/C17H18FNO4S/c1-23-16-8-6-12(10-15(16)18)7-9-17(20)19-13-4-3-5-14(11-13)24(2,21)22/h3-6,8,10-11H,7,9H2,1-2H3,(H,19,20). The minimum Gasteiger partial charge on any atom is -0.494 e. The second-order valence-electron chi connectivity index (χ2n) is 5.32. The van der Waals surface area contributed by atoms with Crippen LogP contribution < -0.4 is 10.1 Å². The van der Waals surface area contributed by atoms with E-state index in [0.717, 1.165) is 6.26 Å². The van der Waals surface area contributed by atoms with Gasteiger partial charge in [-0.1, -0.05) is 12.1 Å². The van der Waals surface area contributed by atoms with Gasteiger partial charge >= 0.3 is 0 Å². The number of hydrogen-bond acceptors (Lipinski definition) is 4. The quantitative estimate of drug-likeness (QED) is 0.869. The highest BCUT2D eigenvalue weighted by molar-refractivity contribution is 7.90. The van der Waals surface area contributed by atoms with Crippen molar-refractivity contribution in [1.29, 1.82) is 0 Å². The summed E-state index contributed by atoms with van der Waals surface area (Å²) in [7, 11) is -1.95. The molecule has 1 amide bonds. The van der Waals surface area contributed by atoms with Gasteiger partial charge in [-0.3, -0.25) is 4.79 Å². The Morgan fingerprint density at radius 2 is 1.96 bits per heavy atom. The highest BCUT2D eigenvalue weighted by atomic mass is 32.2. The van der Waals surface area contributed by atoms with E-state index < -0.39 is 15.7 Å². The molecule has 24 heavy (non-hydrogen) atoms. The van der Waals surface area contributed by atoms with E-state index in [4.69, 9.17) is 4.74 Å². The number of carbonyl (C=O) groups excluding carboxylic acids is 1. The molecule has 0 spiro atoms. The Labute approximate surface area is 140 Å². The number of aryl methyl sites for hydroxylation is 1. The Bertz CT molecular complexity index is 849. The van der Waals surface area contributed by atoms with Gasteiger partial charge in [0.1, 0.15) is 0 Å². The average molecular weight is 351 g/mol. The molecule has 7 heteroatoms. The molecule has 5 nitrogen and oxygen atoms in total. The van der Waals surface area contributed by atoms with E-state index in [1.54, 1.807) is 18.2 Å². The first-order valence-electron chi connectivity index (χ1n) is 7.22. The summed E-state index contributed by atoms with van der Waals surface area (Å²) in [6.45, 7) is 0. The summed E-state index contributed by atoms with van der Waals surface area (Å²) in [5.41, 5.74) is 1.08. The molecule has 0 bridgehead atoms. The molecule has 0 unspecified atom stereocenters. The third-order valence-electron chi connectivity index (χ3n) is 3.40. The van der Waals surface area contributed by atoms with E-state index in [2.05, 4.69) is 5.32 Å². The molecule has 0 heterocycles. The predicted octanol–water partition coefficient (Wildman–Crippen LogP) is 2.81. The molecule has 2 aromatic rings. The van der Waals surface area contributed by atoms with Gasteiger partial charge in [-0.25, -0.2) is 12.8 Å². The van der Waals surface area contributed by atoms with E-state index in [0.29, 0.717) is 17.7 Å². The maximum atomic E-state index is 13.6. The zero-order valence-corrected chi connectivity index (χ0v) is 14.2. The Hall–Kier alpha value is -2.41. The number of rotatable bonds is 6. The number of anilines is 1. The van der Waals surface area contributed by atoms with E-state index in [1.165, 1.54) is 31.4 Å². The van der Waals surface area contributed by atoms with Crippen molar-refractivity contribution in [3.05, 3.63) is 53.8 Å². The van der Waals surface area contributed by atoms with Crippen LogP contribution in [-0.2, 0) is 21.1 Å². The summed E-state index contributed by atoms with van der Waals surface area (Å²) in [5.74, 6) is -0.603. The number of methoxy groups -OCH3 is 1. The summed E-state index contributed by atoms with van der Waals surface area (Å²) in [6.07, 6.45) is 1.61. The van der Waals surface area contributed by atoms with E-state index in [1.807, 2.05) is 0 Å². The SMILES string of the molecule is COc1ccc(CCC(=O)Nc2cccc(S(C)(=O)=O)c2)cc1F. The van der Waals surface area contributed by atoms with E-state index >= 15 is 0 Å². The number of carbonyl (C=O) groups is 1. The van der Waals surface area contributed by atoms with Gasteiger partial charge in [0.2, 0.25) is 5.91 Å². The molecule has 0 radical (unpaired) electrons. The van der Waals surface area contributed by atoms with Crippen LogP contribution in [0, 0.1) is 5.82 Å². The van der Waals surface area contributed by atoms with Gasteiger partial charge in [0.15, 0.2) is 21.4 Å². The molecule has 0 atom stereocenters. The average Bonchev–Trinajstić information content (AvgIpc) is 2.52. The second kappa shape index (κ2) is 7.44. The Kier molecular flexibility index (Phi) is 5.56. The number of ether oxygens (including phenoxy) is 1. The van der Waals surface area contributed by atoms with Crippen molar-refractivity contribution in [2.75, 3.05) is 18.7 Å². The van der Waals surface area contributed by atoms with Gasteiger partial charge < -0.3 is 10.1 Å². The van der Waals surface area contributed by atoms with Crippen molar-refractivity contribution in [2.45, 2.75) is 17.7 Å². The fourth-order valence-electron chi connectivity index (χ4n) is 2.15. The van der Waals surface area contributed by atoms with Crippen LogP contribution in [0.4, 0.5) is 10.1 Å². The largest absolute Gasteiger partial charge is 0.494 e. The van der Waals surface area contributed by atoms with Crippen LogP contribution in [0.5, 0.6) is 5.75 Å². The summed E-state index contributed by atoms with van der Waals surface area (Å²) >= 11 is 0. The maximum Gasteiger partial charge on any atom is 0.224 e. The Morgan fingerprint density at radius 1 is 1.21 bits per heavy atom. The zero-order chi connectivity index (χ0) is 17.7. The first kappa shape index (κ1) is 17.9. The lowest BCUT2D eigenvalue weighted by molar-refractivity contribution is -0.116. The lowest BCUT2D eigenvalue weighted by Crippen LogP contribution is -2.12. The fraction of sp³-hybridized carbons (Fsp3) is 0.235. The molecular formula is C17H18FNO4S.